The lowest BCUT2D eigenvalue weighted by atomic mass is 10.2. The van der Waals surface area contributed by atoms with Crippen molar-refractivity contribution in [2.45, 2.75) is 22.9 Å². The fourth-order valence-electron chi connectivity index (χ4n) is 2.35. The smallest absolute Gasteiger partial charge is 0.387 e. The first-order valence-corrected chi connectivity index (χ1v) is 11.1. The van der Waals surface area contributed by atoms with Crippen LogP contribution < -0.4 is 19.9 Å². The number of nitrogens with one attached hydrogen (secondary N) is 1. The summed E-state index contributed by atoms with van der Waals surface area (Å²) in [4.78, 5) is -0.586. The van der Waals surface area contributed by atoms with Crippen molar-refractivity contribution in [2.24, 2.45) is 5.14 Å². The second kappa shape index (κ2) is 8.29. The fraction of sp³-hybridized carbons (Fsp3) is 0.250. The zero-order chi connectivity index (χ0) is 21.1. The number of ether oxygens (including phenoxy) is 2. The van der Waals surface area contributed by atoms with Gasteiger partial charge < -0.3 is 14.8 Å². The molecular formula is C16H18F2N2O6S2. The molecule has 0 aliphatic heterocycles. The normalized spacial score (nSPS) is 12.1. The van der Waals surface area contributed by atoms with Gasteiger partial charge in [-0.25, -0.2) is 22.0 Å². The third-order valence-corrected chi connectivity index (χ3v) is 5.66. The molecule has 154 valence electrons. The second-order valence-electron chi connectivity index (χ2n) is 5.69. The summed E-state index contributed by atoms with van der Waals surface area (Å²) in [5.74, 6) is -0.0666. The molecule has 2 aromatic rings. The van der Waals surface area contributed by atoms with Crippen molar-refractivity contribution < 1.29 is 35.1 Å². The number of primary sulfonamides is 1. The van der Waals surface area contributed by atoms with E-state index in [4.69, 9.17) is 9.88 Å². The Morgan fingerprint density at radius 3 is 2.29 bits per heavy atom. The van der Waals surface area contributed by atoms with Crippen molar-refractivity contribution in [1.82, 2.24) is 0 Å². The van der Waals surface area contributed by atoms with Gasteiger partial charge in [0.2, 0.25) is 10.0 Å². The molecule has 0 saturated carbocycles. The Kier molecular flexibility index (Phi) is 6.47. The number of hydrogen-bond donors (Lipinski definition) is 2. The standard InChI is InChI=1S/C16H18F2N2O6S2/c1-25-14-7-10(3-6-13(14)26-16(17)18)9-20-12-5-4-11(28(19,23)24)8-15(12)27(2,21)22/h3-8,16,20H,9H2,1-2H3,(H2,19,23,24). The van der Waals surface area contributed by atoms with E-state index in [0.29, 0.717) is 5.56 Å². The zero-order valence-electron chi connectivity index (χ0n) is 14.8. The highest BCUT2D eigenvalue weighted by Crippen LogP contribution is 2.30. The lowest BCUT2D eigenvalue weighted by Gasteiger charge is -2.14. The Bertz CT molecular complexity index is 1070. The molecule has 0 atom stereocenters. The molecule has 0 aliphatic carbocycles. The number of anilines is 1. The van der Waals surface area contributed by atoms with Crippen molar-refractivity contribution >= 4 is 25.5 Å². The molecule has 3 N–H and O–H groups in total. The first-order chi connectivity index (χ1) is 12.9. The molecule has 0 aliphatic rings. The fourth-order valence-corrected chi connectivity index (χ4v) is 3.84. The van der Waals surface area contributed by atoms with Gasteiger partial charge in [0.05, 0.1) is 22.6 Å². The maximum Gasteiger partial charge on any atom is 0.387 e. The number of sulfone groups is 1. The van der Waals surface area contributed by atoms with Crippen molar-refractivity contribution in [3.05, 3.63) is 42.0 Å². The summed E-state index contributed by atoms with van der Waals surface area (Å²) in [6, 6.07) is 7.65. The Labute approximate surface area is 161 Å². The van der Waals surface area contributed by atoms with Crippen LogP contribution in [0.4, 0.5) is 14.5 Å². The molecule has 12 heteroatoms. The van der Waals surface area contributed by atoms with Gasteiger partial charge in [-0.1, -0.05) is 6.07 Å². The highest BCUT2D eigenvalue weighted by Gasteiger charge is 2.18. The van der Waals surface area contributed by atoms with Gasteiger partial charge in [0.15, 0.2) is 21.3 Å². The Hall–Kier alpha value is -2.44. The van der Waals surface area contributed by atoms with E-state index in [9.17, 15) is 25.6 Å². The van der Waals surface area contributed by atoms with E-state index in [1.54, 1.807) is 0 Å². The number of nitrogens with two attached hydrogens (primary N) is 1. The first-order valence-electron chi connectivity index (χ1n) is 7.64. The van der Waals surface area contributed by atoms with Crippen LogP contribution in [-0.4, -0.2) is 36.8 Å². The highest BCUT2D eigenvalue weighted by atomic mass is 32.2. The molecule has 8 nitrogen and oxygen atoms in total. The molecule has 0 heterocycles. The summed E-state index contributed by atoms with van der Waals surface area (Å²) >= 11 is 0. The maximum absolute atomic E-state index is 12.4. The van der Waals surface area contributed by atoms with Crippen LogP contribution in [0, 0.1) is 0 Å². The summed E-state index contributed by atoms with van der Waals surface area (Å²) in [6.07, 6.45) is 0.930. The molecule has 0 saturated heterocycles. The molecule has 0 bridgehead atoms. The minimum absolute atomic E-state index is 0.0764. The molecule has 2 aromatic carbocycles. The van der Waals surface area contributed by atoms with Crippen LogP contribution in [0.2, 0.25) is 0 Å². The summed E-state index contributed by atoms with van der Waals surface area (Å²) in [5.41, 5.74) is 0.732. The van der Waals surface area contributed by atoms with E-state index < -0.39 is 26.5 Å². The Balaban J connectivity index is 2.32. The predicted octanol–water partition coefficient (Wildman–Crippen LogP) is 1.96. The molecule has 0 spiro atoms. The molecule has 0 unspecified atom stereocenters. The second-order valence-corrected chi connectivity index (χ2v) is 9.24. The minimum atomic E-state index is -4.08. The number of sulfonamides is 1. The lowest BCUT2D eigenvalue weighted by Crippen LogP contribution is -2.14. The molecule has 2 rings (SSSR count). The number of halogens is 2. The third-order valence-electron chi connectivity index (χ3n) is 3.61. The van der Waals surface area contributed by atoms with E-state index in [1.165, 1.54) is 37.4 Å². The van der Waals surface area contributed by atoms with Crippen LogP contribution in [0.1, 0.15) is 5.56 Å². The minimum Gasteiger partial charge on any atom is -0.493 e. The molecule has 0 aromatic heterocycles. The van der Waals surface area contributed by atoms with Gasteiger partial charge in [-0.15, -0.1) is 0 Å². The van der Waals surface area contributed by atoms with Gasteiger partial charge in [-0.3, -0.25) is 0 Å². The Morgan fingerprint density at radius 2 is 1.75 bits per heavy atom. The maximum atomic E-state index is 12.4. The number of hydrogen-bond acceptors (Lipinski definition) is 7. The summed E-state index contributed by atoms with van der Waals surface area (Å²) in [6.45, 7) is -2.91. The lowest BCUT2D eigenvalue weighted by molar-refractivity contribution is -0.0512. The van der Waals surface area contributed by atoms with Crippen molar-refractivity contribution in [3.8, 4) is 11.5 Å². The molecule has 0 amide bonds. The van der Waals surface area contributed by atoms with Gasteiger partial charge in [0.25, 0.3) is 0 Å². The van der Waals surface area contributed by atoms with E-state index in [-0.39, 0.29) is 33.5 Å². The van der Waals surface area contributed by atoms with Crippen molar-refractivity contribution in [3.63, 3.8) is 0 Å². The van der Waals surface area contributed by atoms with Crippen molar-refractivity contribution in [2.75, 3.05) is 18.7 Å². The summed E-state index contributed by atoms with van der Waals surface area (Å²) in [5, 5.41) is 7.91. The number of methoxy groups -OCH3 is 1. The van der Waals surface area contributed by atoms with Crippen LogP contribution in [-0.2, 0) is 26.4 Å². The quantitative estimate of drug-likeness (QED) is 0.648. The average Bonchev–Trinajstić information content (AvgIpc) is 2.58. The number of benzene rings is 2. The van der Waals surface area contributed by atoms with Crippen LogP contribution >= 0.6 is 0 Å². The topological polar surface area (TPSA) is 125 Å². The largest absolute Gasteiger partial charge is 0.493 e. The Morgan fingerprint density at radius 1 is 1.07 bits per heavy atom. The van der Waals surface area contributed by atoms with E-state index in [1.807, 2.05) is 0 Å². The molecular weight excluding hydrogens is 418 g/mol. The van der Waals surface area contributed by atoms with E-state index in [0.717, 1.165) is 12.3 Å². The summed E-state index contributed by atoms with van der Waals surface area (Å²) in [7, 11) is -6.55. The van der Waals surface area contributed by atoms with Gasteiger partial charge in [0.1, 0.15) is 0 Å². The van der Waals surface area contributed by atoms with Crippen molar-refractivity contribution in [1.29, 1.82) is 0 Å². The van der Waals surface area contributed by atoms with E-state index >= 15 is 0 Å². The third kappa shape index (κ3) is 5.53. The first kappa shape index (κ1) is 21.9. The van der Waals surface area contributed by atoms with Gasteiger partial charge in [-0.05, 0) is 35.9 Å². The molecule has 0 radical (unpaired) electrons. The van der Waals surface area contributed by atoms with E-state index in [2.05, 4.69) is 10.1 Å². The van der Waals surface area contributed by atoms with Gasteiger partial charge >= 0.3 is 6.61 Å². The average molecular weight is 436 g/mol. The SMILES string of the molecule is COc1cc(CNc2ccc(S(N)(=O)=O)cc2S(C)(=O)=O)ccc1OC(F)F. The zero-order valence-corrected chi connectivity index (χ0v) is 16.5. The monoisotopic (exact) mass is 436 g/mol. The van der Waals surface area contributed by atoms with Crippen LogP contribution in [0.15, 0.2) is 46.2 Å². The predicted molar refractivity (Wildman–Crippen MR) is 97.9 cm³/mol. The van der Waals surface area contributed by atoms with Crippen LogP contribution in [0.3, 0.4) is 0 Å². The van der Waals surface area contributed by atoms with Gasteiger partial charge in [-0.2, -0.15) is 8.78 Å². The van der Waals surface area contributed by atoms with Crippen LogP contribution in [0.5, 0.6) is 11.5 Å². The molecule has 28 heavy (non-hydrogen) atoms. The number of rotatable bonds is 8. The molecule has 0 fully saturated rings. The highest BCUT2D eigenvalue weighted by molar-refractivity contribution is 7.91. The van der Waals surface area contributed by atoms with Crippen LogP contribution in [0.25, 0.3) is 0 Å². The summed E-state index contributed by atoms with van der Waals surface area (Å²) < 4.78 is 81.1. The number of alkyl halides is 2. The van der Waals surface area contributed by atoms with Gasteiger partial charge in [0, 0.05) is 12.8 Å².